The van der Waals surface area contributed by atoms with Gasteiger partial charge in [-0.2, -0.15) is 6.42 Å². The van der Waals surface area contributed by atoms with Gasteiger partial charge in [-0.1, -0.05) is 12.8 Å². The zero-order valence-electron chi connectivity index (χ0n) is 8.92. The van der Waals surface area contributed by atoms with Gasteiger partial charge < -0.3 is 4.79 Å². The van der Waals surface area contributed by atoms with Gasteiger partial charge in [-0.15, -0.1) is 0 Å². The molecule has 0 atom stereocenters. The number of hydrogen-bond acceptors (Lipinski definition) is 3. The second-order valence-corrected chi connectivity index (χ2v) is 3.12. The van der Waals surface area contributed by atoms with E-state index in [0.717, 1.165) is 19.3 Å². The molecule has 0 aromatic carbocycles. The molecule has 1 aliphatic heterocycles. The molecule has 0 radical (unpaired) electrons. The van der Waals surface area contributed by atoms with Crippen molar-refractivity contribution in [3.05, 3.63) is 12.2 Å². The van der Waals surface area contributed by atoms with E-state index in [9.17, 15) is 14.4 Å². The first-order chi connectivity index (χ1) is 7.75. The summed E-state index contributed by atoms with van der Waals surface area (Å²) >= 11 is 1.61. The molecule has 1 rings (SSSR count). The molecule has 4 nitrogen and oxygen atoms in total. The number of nitrogens with zero attached hydrogens (tertiary/aromatic N) is 1. The van der Waals surface area contributed by atoms with Crippen LogP contribution in [-0.2, 0) is 32.5 Å². The summed E-state index contributed by atoms with van der Waals surface area (Å²) in [6, 6.07) is 0. The predicted octanol–water partition coefficient (Wildman–Crippen LogP) is 0.547. The Morgan fingerprint density at radius 1 is 1.12 bits per heavy atom. The fourth-order valence-corrected chi connectivity index (χ4v) is 1.30. The summed E-state index contributed by atoms with van der Waals surface area (Å²) in [5.74, 6) is -0.478. The third-order valence-electron chi connectivity index (χ3n) is 2.06. The Morgan fingerprint density at radius 3 is 2.19 bits per heavy atom. The van der Waals surface area contributed by atoms with E-state index < -0.39 is 0 Å². The van der Waals surface area contributed by atoms with Gasteiger partial charge in [0.25, 0.3) is 11.8 Å². The first-order valence-corrected chi connectivity index (χ1v) is 6.69. The van der Waals surface area contributed by atoms with Gasteiger partial charge in [-0.05, 0) is 6.42 Å². The molecule has 0 aromatic heterocycles. The van der Waals surface area contributed by atoms with E-state index in [-0.39, 0.29) is 11.8 Å². The number of imide groups is 1. The van der Waals surface area contributed by atoms with Crippen molar-refractivity contribution in [2.75, 3.05) is 6.54 Å². The molecule has 0 spiro atoms. The van der Waals surface area contributed by atoms with E-state index in [1.165, 1.54) is 17.1 Å². The molecular weight excluding hydrogens is 384 g/mol. The Balaban J connectivity index is 0.00000106. The normalized spacial score (nSPS) is 13.7. The van der Waals surface area contributed by atoms with E-state index in [4.69, 9.17) is 0 Å². The van der Waals surface area contributed by atoms with Gasteiger partial charge in [0.15, 0.2) is 0 Å². The van der Waals surface area contributed by atoms with Gasteiger partial charge in [-0.25, -0.2) is 0 Å². The summed E-state index contributed by atoms with van der Waals surface area (Å²) in [6.07, 6.45) is 7.15. The Hall–Kier alpha value is -0.944. The number of amides is 2. The van der Waals surface area contributed by atoms with Crippen molar-refractivity contribution < 1.29 is 32.5 Å². The molecule has 0 aromatic rings. The van der Waals surface area contributed by atoms with Crippen molar-refractivity contribution in [1.82, 2.24) is 4.90 Å². The Bertz CT molecular complexity index is 271. The number of carbonyl (C=O) groups excluding carboxylic acids is 3. The minimum atomic E-state index is -0.239. The minimum absolute atomic E-state index is 0.239. The third kappa shape index (κ3) is 5.23. The van der Waals surface area contributed by atoms with Crippen LogP contribution in [0.4, 0.5) is 0 Å². The average Bonchev–Trinajstić information content (AvgIpc) is 2.62. The van der Waals surface area contributed by atoms with E-state index in [1.807, 2.05) is 0 Å². The molecule has 0 aliphatic carbocycles. The van der Waals surface area contributed by atoms with Crippen LogP contribution in [-0.4, -0.2) is 34.6 Å². The molecule has 0 N–H and O–H groups in total. The molecule has 0 bridgehead atoms. The van der Waals surface area contributed by atoms with E-state index in [0.29, 0.717) is 13.0 Å². The first kappa shape index (κ1) is 15.1. The van der Waals surface area contributed by atoms with Gasteiger partial charge >= 0.3 is 23.2 Å². The van der Waals surface area contributed by atoms with Crippen LogP contribution in [0.1, 0.15) is 25.7 Å². The van der Waals surface area contributed by atoms with Gasteiger partial charge in [0.1, 0.15) is 0 Å². The topological polar surface area (TPSA) is 54.5 Å². The predicted molar refractivity (Wildman–Crippen MR) is 57.1 cm³/mol. The van der Waals surface area contributed by atoms with Crippen LogP contribution in [0, 0.1) is 0 Å². The van der Waals surface area contributed by atoms with Crippen LogP contribution in [0.2, 0.25) is 0 Å². The van der Waals surface area contributed by atoms with Crippen molar-refractivity contribution in [3.63, 3.8) is 0 Å². The van der Waals surface area contributed by atoms with E-state index in [2.05, 4.69) is 5.07 Å². The molecule has 0 fully saturated rings. The number of hydrogen-bond donors (Lipinski definition) is 0. The van der Waals surface area contributed by atoms with Crippen LogP contribution in [0.25, 0.3) is 0 Å². The van der Waals surface area contributed by atoms with Gasteiger partial charge in [-0.3, -0.25) is 20.8 Å². The molecule has 0 saturated carbocycles. The van der Waals surface area contributed by atoms with E-state index >= 15 is 0 Å². The molecule has 16 heavy (non-hydrogen) atoms. The number of carbonyl (C=O) groups is 2. The SMILES string of the molecule is O=[C-]CCCCCN1C(=O)C=CC1=O.[CH2]=[Os]. The zero-order chi connectivity index (χ0) is 12.4. The second kappa shape index (κ2) is 9.29. The van der Waals surface area contributed by atoms with Crippen LogP contribution in [0.15, 0.2) is 12.2 Å². The summed E-state index contributed by atoms with van der Waals surface area (Å²) in [4.78, 5) is 33.2. The average molecular weight is 398 g/mol. The maximum atomic E-state index is 11.1. The first-order valence-electron chi connectivity index (χ1n) is 4.89. The van der Waals surface area contributed by atoms with Crippen LogP contribution >= 0.6 is 0 Å². The maximum absolute atomic E-state index is 11.1. The van der Waals surface area contributed by atoms with Crippen molar-refractivity contribution in [2.45, 2.75) is 25.7 Å². The molecular formula is C11H14NO3Os-. The molecule has 0 saturated heterocycles. The molecule has 2 amide bonds. The molecule has 1 heterocycles. The quantitative estimate of drug-likeness (QED) is 0.373. The standard InChI is InChI=1S/C10H12NO3.CH2.Os/c12-8-4-2-1-3-7-11-9(13)5-6-10(11)14;;/h5-6H,1-4,7H2;1H2;/q-1;;. The van der Waals surface area contributed by atoms with Crippen molar-refractivity contribution in [2.24, 2.45) is 0 Å². The van der Waals surface area contributed by atoms with Crippen LogP contribution in [0.5, 0.6) is 0 Å². The Morgan fingerprint density at radius 2 is 1.69 bits per heavy atom. The van der Waals surface area contributed by atoms with Gasteiger partial charge in [0, 0.05) is 18.7 Å². The van der Waals surface area contributed by atoms with Crippen molar-refractivity contribution in [3.8, 4) is 0 Å². The molecule has 5 heteroatoms. The summed E-state index contributed by atoms with van der Waals surface area (Å²) in [5.41, 5.74) is 0. The molecule has 1 aliphatic rings. The summed E-state index contributed by atoms with van der Waals surface area (Å²) in [6.45, 7) is 0.448. The fraction of sp³-hybridized carbons (Fsp3) is 0.455. The zero-order valence-corrected chi connectivity index (χ0v) is 11.5. The molecule has 90 valence electrons. The fourth-order valence-electron chi connectivity index (χ4n) is 1.30. The summed E-state index contributed by atoms with van der Waals surface area (Å²) < 4.78 is 0. The number of unbranched alkanes of at least 4 members (excludes halogenated alkanes) is 3. The van der Waals surface area contributed by atoms with Gasteiger partial charge in [0.2, 0.25) is 0 Å². The van der Waals surface area contributed by atoms with Crippen molar-refractivity contribution >= 4 is 23.2 Å². The Kier molecular flexibility index (Phi) is 8.75. The van der Waals surface area contributed by atoms with Crippen LogP contribution in [0.3, 0.4) is 0 Å². The van der Waals surface area contributed by atoms with E-state index in [1.54, 1.807) is 24.4 Å². The molecule has 0 unspecified atom stereocenters. The van der Waals surface area contributed by atoms with Gasteiger partial charge in [0.05, 0.1) is 0 Å². The second-order valence-electron chi connectivity index (χ2n) is 3.12. The third-order valence-corrected chi connectivity index (χ3v) is 2.06. The monoisotopic (exact) mass is 400 g/mol. The van der Waals surface area contributed by atoms with Crippen LogP contribution < -0.4 is 0 Å². The number of rotatable bonds is 6. The van der Waals surface area contributed by atoms with Crippen molar-refractivity contribution in [1.29, 1.82) is 0 Å². The summed E-state index contributed by atoms with van der Waals surface area (Å²) in [5, 5.41) is 3.28. The summed E-state index contributed by atoms with van der Waals surface area (Å²) in [7, 11) is 0. The Labute approximate surface area is 105 Å².